The number of hydrogen-bond donors (Lipinski definition) is 1. The van der Waals surface area contributed by atoms with Gasteiger partial charge < -0.3 is 14.9 Å². The van der Waals surface area contributed by atoms with Crippen molar-refractivity contribution >= 4 is 18.0 Å². The summed E-state index contributed by atoms with van der Waals surface area (Å²) in [5.74, 6) is 0.277. The van der Waals surface area contributed by atoms with Gasteiger partial charge in [-0.1, -0.05) is 12.2 Å². The van der Waals surface area contributed by atoms with E-state index in [0.717, 1.165) is 41.7 Å². The lowest BCUT2D eigenvalue weighted by Gasteiger charge is -2.38. The molecular weight excluding hydrogens is 369 g/mol. The number of hydrogen-bond acceptors (Lipinski definition) is 6. The van der Waals surface area contributed by atoms with Gasteiger partial charge in [-0.3, -0.25) is 4.57 Å². The third-order valence-electron chi connectivity index (χ3n) is 5.01. The number of halogens is 1. The lowest BCUT2D eigenvalue weighted by molar-refractivity contribution is 0.326. The van der Waals surface area contributed by atoms with E-state index in [9.17, 15) is 13.8 Å². The second-order valence-electron chi connectivity index (χ2n) is 6.54. The normalized spacial score (nSPS) is 20.0. The molecule has 142 valence electrons. The third kappa shape index (κ3) is 3.59. The van der Waals surface area contributed by atoms with Crippen molar-refractivity contribution in [1.82, 2.24) is 18.7 Å². The third-order valence-corrected chi connectivity index (χ3v) is 5.39. The molecule has 1 aliphatic carbocycles. The summed E-state index contributed by atoms with van der Waals surface area (Å²) in [5.41, 5.74) is 1.80. The van der Waals surface area contributed by atoms with Gasteiger partial charge in [0.2, 0.25) is 0 Å². The smallest absolute Gasteiger partial charge is 0.359 e. The molecule has 1 fully saturated rings. The van der Waals surface area contributed by atoms with Crippen molar-refractivity contribution < 1.29 is 8.99 Å². The highest BCUT2D eigenvalue weighted by molar-refractivity contribution is 7.92. The Bertz CT molecular complexity index is 913. The second kappa shape index (κ2) is 7.51. The van der Waals surface area contributed by atoms with Gasteiger partial charge in [0.15, 0.2) is 12.3 Å². The van der Waals surface area contributed by atoms with Gasteiger partial charge >= 0.3 is 5.69 Å². The Morgan fingerprint density at radius 2 is 1.81 bits per heavy atom. The number of allylic oxidation sites excluding steroid dienone is 3. The number of aromatic hydroxyl groups is 1. The van der Waals surface area contributed by atoms with Crippen LogP contribution in [0.4, 0.5) is 9.57 Å². The van der Waals surface area contributed by atoms with E-state index in [2.05, 4.69) is 21.0 Å². The SMILES string of the molecule is O=c1n(C2C=CC(N3CCN(c4ccc(O)cc4)CC3)=CC2)cnn1SF. The van der Waals surface area contributed by atoms with Crippen molar-refractivity contribution in [3.63, 3.8) is 0 Å². The zero-order valence-corrected chi connectivity index (χ0v) is 15.4. The zero-order valence-electron chi connectivity index (χ0n) is 14.6. The van der Waals surface area contributed by atoms with Crippen LogP contribution in [0.1, 0.15) is 12.5 Å². The zero-order chi connectivity index (χ0) is 18.8. The molecule has 0 amide bonds. The first-order valence-corrected chi connectivity index (χ1v) is 9.45. The highest BCUT2D eigenvalue weighted by Gasteiger charge is 2.21. The molecule has 0 spiro atoms. The van der Waals surface area contributed by atoms with Crippen LogP contribution in [0.2, 0.25) is 0 Å². The molecule has 1 aliphatic heterocycles. The van der Waals surface area contributed by atoms with Crippen LogP contribution in [0.3, 0.4) is 0 Å². The Morgan fingerprint density at radius 3 is 2.41 bits per heavy atom. The predicted molar refractivity (Wildman–Crippen MR) is 103 cm³/mol. The number of phenolic OH excluding ortho intramolecular Hbond substituents is 1. The maximum absolute atomic E-state index is 12.6. The standard InChI is InChI=1S/C18H20FN5O2S/c19-27-24-18(26)23(13-20-24)16-3-1-14(2-4-16)21-9-11-22(12-10-21)15-5-7-17(25)8-6-15/h1-3,5-8,13,16,25H,4,9-12H2. The van der Waals surface area contributed by atoms with Gasteiger partial charge in [-0.15, -0.1) is 13.1 Å². The molecule has 2 aliphatic rings. The first-order chi connectivity index (χ1) is 13.2. The molecule has 1 N–H and O–H groups in total. The largest absolute Gasteiger partial charge is 0.508 e. The minimum Gasteiger partial charge on any atom is -0.508 e. The number of aromatic nitrogens is 3. The van der Waals surface area contributed by atoms with Gasteiger partial charge in [0.1, 0.15) is 12.1 Å². The molecule has 0 radical (unpaired) electrons. The van der Waals surface area contributed by atoms with Crippen molar-refractivity contribution in [3.8, 4) is 5.75 Å². The van der Waals surface area contributed by atoms with E-state index in [4.69, 9.17) is 0 Å². The fourth-order valence-corrected chi connectivity index (χ4v) is 3.73. The average Bonchev–Trinajstić information content (AvgIpc) is 3.09. The number of anilines is 1. The van der Waals surface area contributed by atoms with E-state index >= 15 is 0 Å². The molecule has 1 unspecified atom stereocenters. The topological polar surface area (TPSA) is 66.5 Å². The van der Waals surface area contributed by atoms with Gasteiger partial charge in [-0.25, -0.2) is 4.79 Å². The summed E-state index contributed by atoms with van der Waals surface area (Å²) < 4.78 is 14.8. The fraction of sp³-hybridized carbons (Fsp3) is 0.333. The molecule has 2 aromatic rings. The molecule has 0 bridgehead atoms. The van der Waals surface area contributed by atoms with Crippen LogP contribution in [0.15, 0.2) is 59.3 Å². The number of piperazine rings is 1. The molecule has 27 heavy (non-hydrogen) atoms. The second-order valence-corrected chi connectivity index (χ2v) is 7.03. The van der Waals surface area contributed by atoms with Gasteiger partial charge in [0, 0.05) is 37.6 Å². The van der Waals surface area contributed by atoms with Crippen LogP contribution < -0.4 is 10.6 Å². The van der Waals surface area contributed by atoms with E-state index in [1.165, 1.54) is 10.9 Å². The van der Waals surface area contributed by atoms with Crippen molar-refractivity contribution in [1.29, 1.82) is 0 Å². The fourth-order valence-electron chi connectivity index (χ4n) is 3.50. The minimum atomic E-state index is -0.462. The summed E-state index contributed by atoms with van der Waals surface area (Å²) in [6.45, 7) is 3.61. The Hall–Kier alpha value is -2.68. The lowest BCUT2D eigenvalue weighted by atomic mass is 10.1. The number of nitrogens with zero attached hydrogens (tertiary/aromatic N) is 5. The Labute approximate surface area is 160 Å². The Morgan fingerprint density at radius 1 is 1.11 bits per heavy atom. The van der Waals surface area contributed by atoms with Crippen molar-refractivity contribution in [2.75, 3.05) is 31.1 Å². The molecule has 7 nitrogen and oxygen atoms in total. The van der Waals surface area contributed by atoms with Crippen LogP contribution in [-0.4, -0.2) is 49.9 Å². The lowest BCUT2D eigenvalue weighted by Crippen LogP contribution is -2.45. The minimum absolute atomic E-state index is 0.138. The maximum Gasteiger partial charge on any atom is 0.359 e. The molecule has 0 saturated carbocycles. The average molecular weight is 389 g/mol. The molecule has 9 heteroatoms. The molecule has 1 saturated heterocycles. The summed E-state index contributed by atoms with van der Waals surface area (Å²) in [6, 6.07) is 7.14. The van der Waals surface area contributed by atoms with Crippen LogP contribution >= 0.6 is 12.3 Å². The van der Waals surface area contributed by atoms with Gasteiger partial charge in [-0.2, -0.15) is 0 Å². The predicted octanol–water partition coefficient (Wildman–Crippen LogP) is 2.34. The molecular formula is C18H20FN5O2S. The first-order valence-electron chi connectivity index (χ1n) is 8.78. The van der Waals surface area contributed by atoms with Crippen LogP contribution in [-0.2, 0) is 0 Å². The molecule has 4 rings (SSSR count). The molecule has 1 aromatic carbocycles. The Balaban J connectivity index is 1.36. The molecule has 1 atom stereocenters. The van der Waals surface area contributed by atoms with Crippen molar-refractivity contribution in [2.24, 2.45) is 0 Å². The summed E-state index contributed by atoms with van der Waals surface area (Å²) in [4.78, 5) is 16.6. The summed E-state index contributed by atoms with van der Waals surface area (Å²) in [5, 5.41) is 13.1. The van der Waals surface area contributed by atoms with Crippen LogP contribution in [0.25, 0.3) is 0 Å². The van der Waals surface area contributed by atoms with E-state index in [0.29, 0.717) is 6.42 Å². The number of benzene rings is 1. The first kappa shape index (κ1) is 17.7. The highest BCUT2D eigenvalue weighted by Crippen LogP contribution is 2.25. The summed E-state index contributed by atoms with van der Waals surface area (Å²) >= 11 is -0.191. The molecule has 2 heterocycles. The summed E-state index contributed by atoms with van der Waals surface area (Å²) in [7, 11) is 0. The van der Waals surface area contributed by atoms with Gasteiger partial charge in [0.25, 0.3) is 0 Å². The number of phenols is 1. The van der Waals surface area contributed by atoms with E-state index in [-0.39, 0.29) is 24.1 Å². The number of rotatable bonds is 4. The van der Waals surface area contributed by atoms with E-state index in [1.807, 2.05) is 24.3 Å². The monoisotopic (exact) mass is 389 g/mol. The Kier molecular flexibility index (Phi) is 4.93. The van der Waals surface area contributed by atoms with Crippen molar-refractivity contribution in [2.45, 2.75) is 12.5 Å². The molecule has 1 aromatic heterocycles. The van der Waals surface area contributed by atoms with Gasteiger partial charge in [0.05, 0.1) is 6.04 Å². The van der Waals surface area contributed by atoms with Gasteiger partial charge in [-0.05, 0) is 36.8 Å². The van der Waals surface area contributed by atoms with Crippen LogP contribution in [0, 0.1) is 0 Å². The van der Waals surface area contributed by atoms with Crippen LogP contribution in [0.5, 0.6) is 5.75 Å². The summed E-state index contributed by atoms with van der Waals surface area (Å²) in [6.07, 6.45) is 8.16. The maximum atomic E-state index is 12.6. The van der Waals surface area contributed by atoms with Crippen molar-refractivity contribution in [3.05, 3.63) is 65.0 Å². The quantitative estimate of drug-likeness (QED) is 0.866. The van der Waals surface area contributed by atoms with E-state index < -0.39 is 5.69 Å². The highest BCUT2D eigenvalue weighted by atomic mass is 32.2. The van der Waals surface area contributed by atoms with E-state index in [1.54, 1.807) is 12.1 Å².